The summed E-state index contributed by atoms with van der Waals surface area (Å²) in [6, 6.07) is 10.6. The number of nitrogens with zero attached hydrogens (tertiary/aromatic N) is 4. The number of ether oxygens (including phenoxy) is 1. The third-order valence-electron chi connectivity index (χ3n) is 3.40. The SMILES string of the molecule is Cc1ccc(Oc2cc(C#N)c3cc([N+](=O)[O-])ccc3n2)c[n+]1[O-]. The van der Waals surface area contributed by atoms with Gasteiger partial charge in [-0.15, -0.1) is 0 Å². The Labute approximate surface area is 135 Å². The van der Waals surface area contributed by atoms with Crippen molar-refractivity contribution in [1.29, 1.82) is 5.26 Å². The highest BCUT2D eigenvalue weighted by molar-refractivity contribution is 5.87. The van der Waals surface area contributed by atoms with Gasteiger partial charge in [-0.2, -0.15) is 9.99 Å². The standard InChI is InChI=1S/C16H10N4O4/c1-10-2-4-13(9-19(10)21)24-16-6-11(8-17)14-7-12(20(22)23)3-5-15(14)18-16/h2-7,9H,1H3. The van der Waals surface area contributed by atoms with E-state index in [1.54, 1.807) is 19.1 Å². The molecule has 3 rings (SSSR count). The van der Waals surface area contributed by atoms with Crippen LogP contribution < -0.4 is 9.47 Å². The summed E-state index contributed by atoms with van der Waals surface area (Å²) in [7, 11) is 0. The number of aryl methyl sites for hydroxylation is 1. The van der Waals surface area contributed by atoms with Gasteiger partial charge in [-0.25, -0.2) is 4.98 Å². The molecule has 0 aliphatic rings. The van der Waals surface area contributed by atoms with Crippen molar-refractivity contribution >= 4 is 16.6 Å². The summed E-state index contributed by atoms with van der Waals surface area (Å²) in [6.45, 7) is 1.66. The van der Waals surface area contributed by atoms with Gasteiger partial charge < -0.3 is 9.94 Å². The molecule has 0 unspecified atom stereocenters. The Morgan fingerprint density at radius 1 is 1.29 bits per heavy atom. The van der Waals surface area contributed by atoms with Gasteiger partial charge in [0.1, 0.15) is 6.07 Å². The van der Waals surface area contributed by atoms with E-state index in [9.17, 15) is 20.6 Å². The molecule has 0 aliphatic heterocycles. The average Bonchev–Trinajstić information content (AvgIpc) is 2.57. The predicted molar refractivity (Wildman–Crippen MR) is 83.3 cm³/mol. The molecule has 0 radical (unpaired) electrons. The average molecular weight is 322 g/mol. The topological polar surface area (TPSA) is 116 Å². The van der Waals surface area contributed by atoms with E-state index in [2.05, 4.69) is 4.98 Å². The normalized spacial score (nSPS) is 10.3. The van der Waals surface area contributed by atoms with Gasteiger partial charge in [0.25, 0.3) is 5.69 Å². The Hall–Kier alpha value is -3.73. The summed E-state index contributed by atoms with van der Waals surface area (Å²) < 4.78 is 6.18. The number of non-ortho nitro benzene ring substituents is 1. The molecule has 24 heavy (non-hydrogen) atoms. The largest absolute Gasteiger partial charge is 0.618 e. The molecule has 0 atom stereocenters. The van der Waals surface area contributed by atoms with Crippen molar-refractivity contribution in [1.82, 2.24) is 4.98 Å². The second kappa shape index (κ2) is 5.81. The summed E-state index contributed by atoms with van der Waals surface area (Å²) in [6.07, 6.45) is 1.25. The molecule has 0 saturated heterocycles. The van der Waals surface area contributed by atoms with Gasteiger partial charge in [0.15, 0.2) is 11.4 Å². The first kappa shape index (κ1) is 15.2. The van der Waals surface area contributed by atoms with Gasteiger partial charge in [0.2, 0.25) is 12.1 Å². The Morgan fingerprint density at radius 2 is 2.08 bits per heavy atom. The van der Waals surface area contributed by atoms with Crippen LogP contribution in [-0.4, -0.2) is 9.91 Å². The molecule has 2 heterocycles. The van der Waals surface area contributed by atoms with Crippen LogP contribution in [0.15, 0.2) is 42.6 Å². The van der Waals surface area contributed by atoms with Crippen LogP contribution >= 0.6 is 0 Å². The van der Waals surface area contributed by atoms with Crippen LogP contribution in [0.25, 0.3) is 10.9 Å². The van der Waals surface area contributed by atoms with Crippen LogP contribution in [0.2, 0.25) is 0 Å². The number of nitro groups is 1. The highest BCUT2D eigenvalue weighted by Crippen LogP contribution is 2.27. The third-order valence-corrected chi connectivity index (χ3v) is 3.40. The van der Waals surface area contributed by atoms with Crippen LogP contribution in [0, 0.1) is 33.6 Å². The molecular weight excluding hydrogens is 312 g/mol. The minimum atomic E-state index is -0.537. The molecule has 118 valence electrons. The van der Waals surface area contributed by atoms with Crippen LogP contribution in [0.4, 0.5) is 5.69 Å². The van der Waals surface area contributed by atoms with Crippen molar-refractivity contribution in [3.8, 4) is 17.7 Å². The van der Waals surface area contributed by atoms with Gasteiger partial charge in [-0.3, -0.25) is 10.1 Å². The number of aromatic nitrogens is 2. The highest BCUT2D eigenvalue weighted by Gasteiger charge is 2.13. The lowest BCUT2D eigenvalue weighted by Crippen LogP contribution is -2.28. The van der Waals surface area contributed by atoms with Crippen molar-refractivity contribution in [2.75, 3.05) is 0 Å². The van der Waals surface area contributed by atoms with E-state index in [0.717, 1.165) is 0 Å². The van der Waals surface area contributed by atoms with E-state index in [1.807, 2.05) is 6.07 Å². The fourth-order valence-corrected chi connectivity index (χ4v) is 2.17. The fourth-order valence-electron chi connectivity index (χ4n) is 2.17. The third kappa shape index (κ3) is 2.78. The smallest absolute Gasteiger partial charge is 0.270 e. The Balaban J connectivity index is 2.06. The van der Waals surface area contributed by atoms with Crippen LogP contribution in [-0.2, 0) is 0 Å². The summed E-state index contributed by atoms with van der Waals surface area (Å²) in [5, 5.41) is 32.1. The minimum Gasteiger partial charge on any atom is -0.618 e. The summed E-state index contributed by atoms with van der Waals surface area (Å²) in [5.41, 5.74) is 0.969. The summed E-state index contributed by atoms with van der Waals surface area (Å²) >= 11 is 0. The van der Waals surface area contributed by atoms with Crippen LogP contribution in [0.5, 0.6) is 11.6 Å². The number of nitriles is 1. The molecular formula is C16H10N4O4. The Morgan fingerprint density at radius 3 is 2.75 bits per heavy atom. The maximum absolute atomic E-state index is 11.6. The van der Waals surface area contributed by atoms with E-state index in [4.69, 9.17) is 4.74 Å². The molecule has 8 nitrogen and oxygen atoms in total. The number of rotatable bonds is 3. The molecule has 3 aromatic rings. The number of hydrogen-bond acceptors (Lipinski definition) is 6. The van der Waals surface area contributed by atoms with Gasteiger partial charge in [0.05, 0.1) is 16.0 Å². The fraction of sp³-hybridized carbons (Fsp3) is 0.0625. The molecule has 0 spiro atoms. The predicted octanol–water partition coefficient (Wildman–Crippen LogP) is 2.75. The quantitative estimate of drug-likeness (QED) is 0.317. The van der Waals surface area contributed by atoms with Crippen molar-refractivity contribution in [2.24, 2.45) is 0 Å². The van der Waals surface area contributed by atoms with E-state index in [0.29, 0.717) is 21.3 Å². The maximum atomic E-state index is 11.6. The van der Waals surface area contributed by atoms with Crippen molar-refractivity contribution in [3.05, 3.63) is 69.2 Å². The molecule has 0 saturated carbocycles. The molecule has 1 aromatic carbocycles. The molecule has 0 amide bonds. The van der Waals surface area contributed by atoms with Crippen LogP contribution in [0.3, 0.4) is 0 Å². The van der Waals surface area contributed by atoms with Crippen molar-refractivity contribution in [3.63, 3.8) is 0 Å². The Bertz CT molecular complexity index is 1010. The molecule has 8 heteroatoms. The van der Waals surface area contributed by atoms with Gasteiger partial charge in [0, 0.05) is 36.6 Å². The second-order valence-electron chi connectivity index (χ2n) is 5.01. The first-order valence-electron chi connectivity index (χ1n) is 6.85. The van der Waals surface area contributed by atoms with Gasteiger partial charge in [-0.1, -0.05) is 0 Å². The molecule has 0 N–H and O–H groups in total. The van der Waals surface area contributed by atoms with E-state index in [-0.39, 0.29) is 22.9 Å². The number of benzene rings is 1. The van der Waals surface area contributed by atoms with Gasteiger partial charge in [-0.05, 0) is 12.1 Å². The lowest BCUT2D eigenvalue weighted by atomic mass is 10.1. The highest BCUT2D eigenvalue weighted by atomic mass is 16.6. The number of hydrogen-bond donors (Lipinski definition) is 0. The first-order chi connectivity index (χ1) is 11.5. The zero-order valence-electron chi connectivity index (χ0n) is 12.5. The molecule has 0 bridgehead atoms. The van der Waals surface area contributed by atoms with Crippen molar-refractivity contribution < 1.29 is 14.4 Å². The van der Waals surface area contributed by atoms with Crippen molar-refractivity contribution in [2.45, 2.75) is 6.92 Å². The van der Waals surface area contributed by atoms with E-state index < -0.39 is 4.92 Å². The number of fused-ring (bicyclic) bond motifs is 1. The number of nitro benzene ring substituents is 1. The maximum Gasteiger partial charge on any atom is 0.270 e. The van der Waals surface area contributed by atoms with E-state index in [1.165, 1.54) is 30.5 Å². The zero-order chi connectivity index (χ0) is 17.3. The van der Waals surface area contributed by atoms with Gasteiger partial charge >= 0.3 is 0 Å². The summed E-state index contributed by atoms with van der Waals surface area (Å²) in [5.74, 6) is 0.394. The Kier molecular flexibility index (Phi) is 3.67. The monoisotopic (exact) mass is 322 g/mol. The molecule has 0 fully saturated rings. The second-order valence-corrected chi connectivity index (χ2v) is 5.01. The molecule has 2 aromatic heterocycles. The number of pyridine rings is 2. The first-order valence-corrected chi connectivity index (χ1v) is 6.85. The zero-order valence-corrected chi connectivity index (χ0v) is 12.5. The minimum absolute atomic E-state index is 0.122. The lowest BCUT2D eigenvalue weighted by molar-refractivity contribution is -0.612. The van der Waals surface area contributed by atoms with E-state index >= 15 is 0 Å². The summed E-state index contributed by atoms with van der Waals surface area (Å²) in [4.78, 5) is 14.5. The molecule has 0 aliphatic carbocycles. The lowest BCUT2D eigenvalue weighted by Gasteiger charge is -2.07. The van der Waals surface area contributed by atoms with Crippen LogP contribution in [0.1, 0.15) is 11.3 Å².